The largest absolute Gasteiger partial charge is 0.373 e. The Labute approximate surface area is 149 Å². The second-order valence-electron chi connectivity index (χ2n) is 8.22. The number of nitrogens with one attached hydrogen (secondary N) is 1. The Hall–Kier alpha value is -1.43. The molecule has 1 saturated carbocycles. The van der Waals surface area contributed by atoms with Crippen LogP contribution >= 0.6 is 0 Å². The zero-order valence-electron chi connectivity index (χ0n) is 15.0. The second kappa shape index (κ2) is 6.71. The number of ether oxygens (including phenoxy) is 1. The first kappa shape index (κ1) is 17.0. The van der Waals surface area contributed by atoms with Crippen LogP contribution < -0.4 is 11.1 Å². The molecule has 1 amide bonds. The summed E-state index contributed by atoms with van der Waals surface area (Å²) in [5.74, 6) is 0.480. The van der Waals surface area contributed by atoms with E-state index < -0.39 is 0 Å². The van der Waals surface area contributed by atoms with Gasteiger partial charge in [0.2, 0.25) is 5.91 Å². The maximum Gasteiger partial charge on any atom is 0.248 e. The van der Waals surface area contributed by atoms with E-state index in [-0.39, 0.29) is 11.5 Å². The van der Waals surface area contributed by atoms with E-state index >= 15 is 0 Å². The van der Waals surface area contributed by atoms with Gasteiger partial charge in [-0.2, -0.15) is 0 Å². The van der Waals surface area contributed by atoms with E-state index in [1.54, 1.807) is 0 Å². The number of piperidine rings is 1. The fourth-order valence-electron chi connectivity index (χ4n) is 4.31. The summed E-state index contributed by atoms with van der Waals surface area (Å²) in [4.78, 5) is 13.6. The molecule has 5 nitrogen and oxygen atoms in total. The van der Waals surface area contributed by atoms with E-state index in [1.807, 2.05) is 24.3 Å². The van der Waals surface area contributed by atoms with Gasteiger partial charge in [0, 0.05) is 37.3 Å². The first-order valence-electron chi connectivity index (χ1n) is 9.54. The molecule has 1 aromatic carbocycles. The Kier molecular flexibility index (Phi) is 4.56. The Morgan fingerprint density at radius 2 is 2.00 bits per heavy atom. The number of nitrogens with two attached hydrogens (primary N) is 1. The molecule has 0 bridgehead atoms. The van der Waals surface area contributed by atoms with Crippen molar-refractivity contribution in [2.45, 2.75) is 56.8 Å². The number of primary amides is 1. The Morgan fingerprint density at radius 1 is 1.32 bits per heavy atom. The molecule has 3 N–H and O–H groups in total. The molecule has 0 aromatic heterocycles. The summed E-state index contributed by atoms with van der Waals surface area (Å²) in [5, 5.41) is 3.76. The van der Waals surface area contributed by atoms with Gasteiger partial charge in [0.05, 0.1) is 12.2 Å². The third-order valence-electron chi connectivity index (χ3n) is 6.18. The zero-order valence-corrected chi connectivity index (χ0v) is 15.0. The summed E-state index contributed by atoms with van der Waals surface area (Å²) in [5.41, 5.74) is 7.20. The number of nitrogens with zero attached hydrogens (tertiary/aromatic N) is 1. The van der Waals surface area contributed by atoms with Gasteiger partial charge in [-0.15, -0.1) is 0 Å². The molecule has 2 saturated heterocycles. The molecule has 3 aliphatic rings. The smallest absolute Gasteiger partial charge is 0.248 e. The van der Waals surface area contributed by atoms with E-state index in [0.717, 1.165) is 57.5 Å². The van der Waals surface area contributed by atoms with Gasteiger partial charge in [-0.3, -0.25) is 9.69 Å². The normalized spacial score (nSPS) is 31.3. The molecule has 3 atom stereocenters. The van der Waals surface area contributed by atoms with Crippen molar-refractivity contribution in [2.24, 2.45) is 11.7 Å². The minimum absolute atomic E-state index is 0.0993. The number of hydrogen-bond acceptors (Lipinski definition) is 4. The SMILES string of the molecule is C[C@@H]1C[C@H]1NC1COC2(CCN(Cc3ccc(C(N)=O)cc3)CC2)C1. The van der Waals surface area contributed by atoms with Crippen molar-refractivity contribution >= 4 is 5.91 Å². The third-order valence-corrected chi connectivity index (χ3v) is 6.18. The number of likely N-dealkylation sites (tertiary alicyclic amines) is 1. The maximum atomic E-state index is 11.2. The third kappa shape index (κ3) is 3.89. The van der Waals surface area contributed by atoms with Crippen LogP contribution in [0, 0.1) is 5.92 Å². The molecule has 3 fully saturated rings. The zero-order chi connectivity index (χ0) is 17.4. The van der Waals surface area contributed by atoms with Crippen LogP contribution in [0.15, 0.2) is 24.3 Å². The van der Waals surface area contributed by atoms with Gasteiger partial charge in [-0.1, -0.05) is 19.1 Å². The number of amides is 1. The van der Waals surface area contributed by atoms with Crippen LogP contribution in [0.25, 0.3) is 0 Å². The Balaban J connectivity index is 1.26. The molecule has 1 aromatic rings. The van der Waals surface area contributed by atoms with E-state index in [4.69, 9.17) is 10.5 Å². The quantitative estimate of drug-likeness (QED) is 0.857. The lowest BCUT2D eigenvalue weighted by Crippen LogP contribution is -2.44. The van der Waals surface area contributed by atoms with E-state index in [9.17, 15) is 4.79 Å². The summed E-state index contributed by atoms with van der Waals surface area (Å²) in [6, 6.07) is 8.92. The molecule has 1 aliphatic carbocycles. The van der Waals surface area contributed by atoms with Crippen LogP contribution in [0.5, 0.6) is 0 Å². The highest BCUT2D eigenvalue weighted by Crippen LogP contribution is 2.38. The highest BCUT2D eigenvalue weighted by atomic mass is 16.5. The highest BCUT2D eigenvalue weighted by Gasteiger charge is 2.44. The van der Waals surface area contributed by atoms with Crippen LogP contribution in [0.2, 0.25) is 0 Å². The molecule has 4 rings (SSSR count). The van der Waals surface area contributed by atoms with Crippen LogP contribution in [-0.4, -0.2) is 48.2 Å². The van der Waals surface area contributed by atoms with Gasteiger partial charge in [0.1, 0.15) is 0 Å². The lowest BCUT2D eigenvalue weighted by molar-refractivity contribution is -0.0449. The number of rotatable bonds is 5. The minimum Gasteiger partial charge on any atom is -0.373 e. The van der Waals surface area contributed by atoms with Crippen molar-refractivity contribution in [1.82, 2.24) is 10.2 Å². The van der Waals surface area contributed by atoms with Crippen LogP contribution in [0.4, 0.5) is 0 Å². The van der Waals surface area contributed by atoms with Gasteiger partial charge in [-0.05, 0) is 49.3 Å². The molecular weight excluding hydrogens is 314 g/mol. The minimum atomic E-state index is -0.367. The van der Waals surface area contributed by atoms with E-state index in [1.165, 1.54) is 12.0 Å². The van der Waals surface area contributed by atoms with Crippen molar-refractivity contribution in [3.05, 3.63) is 35.4 Å². The van der Waals surface area contributed by atoms with Gasteiger partial charge in [-0.25, -0.2) is 0 Å². The van der Waals surface area contributed by atoms with Gasteiger partial charge in [0.25, 0.3) is 0 Å². The molecule has 2 heterocycles. The lowest BCUT2D eigenvalue weighted by Gasteiger charge is -2.38. The van der Waals surface area contributed by atoms with Crippen LogP contribution in [0.3, 0.4) is 0 Å². The summed E-state index contributed by atoms with van der Waals surface area (Å²) in [6.45, 7) is 6.26. The number of carbonyl (C=O) groups excluding carboxylic acids is 1. The fraction of sp³-hybridized carbons (Fsp3) is 0.650. The van der Waals surface area contributed by atoms with Gasteiger partial charge in [0.15, 0.2) is 0 Å². The van der Waals surface area contributed by atoms with Crippen molar-refractivity contribution < 1.29 is 9.53 Å². The van der Waals surface area contributed by atoms with Gasteiger partial charge >= 0.3 is 0 Å². The average molecular weight is 343 g/mol. The van der Waals surface area contributed by atoms with E-state index in [2.05, 4.69) is 17.1 Å². The lowest BCUT2D eigenvalue weighted by atomic mass is 9.87. The predicted octanol–water partition coefficient (Wildman–Crippen LogP) is 1.91. The van der Waals surface area contributed by atoms with Crippen LogP contribution in [0.1, 0.15) is 48.5 Å². The molecule has 1 unspecified atom stereocenters. The van der Waals surface area contributed by atoms with Crippen molar-refractivity contribution in [3.8, 4) is 0 Å². The predicted molar refractivity (Wildman–Crippen MR) is 97.3 cm³/mol. The first-order valence-corrected chi connectivity index (χ1v) is 9.54. The summed E-state index contributed by atoms with van der Waals surface area (Å²) in [6.07, 6.45) is 4.72. The highest BCUT2D eigenvalue weighted by molar-refractivity contribution is 5.92. The molecule has 2 aliphatic heterocycles. The van der Waals surface area contributed by atoms with Gasteiger partial charge < -0.3 is 15.8 Å². The topological polar surface area (TPSA) is 67.6 Å². The molecular formula is C20H29N3O2. The summed E-state index contributed by atoms with van der Waals surface area (Å²) in [7, 11) is 0. The summed E-state index contributed by atoms with van der Waals surface area (Å²) >= 11 is 0. The second-order valence-corrected chi connectivity index (χ2v) is 8.22. The monoisotopic (exact) mass is 343 g/mol. The fourth-order valence-corrected chi connectivity index (χ4v) is 4.31. The Bertz CT molecular complexity index is 622. The maximum absolute atomic E-state index is 11.2. The molecule has 136 valence electrons. The standard InChI is InChI=1S/C20H29N3O2/c1-14-10-18(14)22-17-11-20(25-13-17)6-8-23(9-7-20)12-15-2-4-16(5-3-15)19(21)24/h2-5,14,17-18,22H,6-13H2,1H3,(H2,21,24)/t14-,17?,18-/m1/s1. The number of benzene rings is 1. The molecule has 0 radical (unpaired) electrons. The van der Waals surface area contributed by atoms with Crippen molar-refractivity contribution in [1.29, 1.82) is 0 Å². The van der Waals surface area contributed by atoms with Crippen LogP contribution in [-0.2, 0) is 11.3 Å². The Morgan fingerprint density at radius 3 is 2.60 bits per heavy atom. The van der Waals surface area contributed by atoms with Crippen molar-refractivity contribution in [3.63, 3.8) is 0 Å². The molecule has 5 heteroatoms. The number of hydrogen-bond donors (Lipinski definition) is 2. The molecule has 1 spiro atoms. The number of carbonyl (C=O) groups is 1. The molecule has 25 heavy (non-hydrogen) atoms. The average Bonchev–Trinajstić information content (AvgIpc) is 3.15. The van der Waals surface area contributed by atoms with E-state index in [0.29, 0.717) is 11.6 Å². The summed E-state index contributed by atoms with van der Waals surface area (Å²) < 4.78 is 6.26. The first-order chi connectivity index (χ1) is 12.0. The van der Waals surface area contributed by atoms with Crippen molar-refractivity contribution in [2.75, 3.05) is 19.7 Å².